The molecule has 2 rings (SSSR count). The van der Waals surface area contributed by atoms with Crippen LogP contribution in [0.1, 0.15) is 56.1 Å². The van der Waals surface area contributed by atoms with Gasteiger partial charge in [-0.1, -0.05) is 29.8 Å². The summed E-state index contributed by atoms with van der Waals surface area (Å²) in [7, 11) is 0. The quantitative estimate of drug-likeness (QED) is 0.761. The van der Waals surface area contributed by atoms with Crippen LogP contribution < -0.4 is 16.2 Å². The van der Waals surface area contributed by atoms with E-state index in [1.807, 2.05) is 31.2 Å². The van der Waals surface area contributed by atoms with Gasteiger partial charge >= 0.3 is 6.09 Å². The van der Waals surface area contributed by atoms with Gasteiger partial charge in [0.25, 0.3) is 11.5 Å². The normalized spacial score (nSPS) is 11.7. The zero-order valence-electron chi connectivity index (χ0n) is 18.5. The molecule has 1 aromatic heterocycles. The molecule has 0 saturated heterocycles. The molecule has 1 aromatic carbocycles. The number of benzene rings is 1. The monoisotopic (exact) mass is 413 g/mol. The van der Waals surface area contributed by atoms with Crippen molar-refractivity contribution in [3.05, 3.63) is 69.6 Å². The van der Waals surface area contributed by atoms with Gasteiger partial charge < -0.3 is 19.9 Å². The van der Waals surface area contributed by atoms with E-state index in [1.165, 1.54) is 10.6 Å². The molecule has 0 aliphatic carbocycles. The van der Waals surface area contributed by atoms with Crippen LogP contribution in [-0.2, 0) is 11.3 Å². The second-order valence-corrected chi connectivity index (χ2v) is 9.04. The van der Waals surface area contributed by atoms with Crippen molar-refractivity contribution in [3.8, 4) is 0 Å². The SMILES string of the molecule is Cc1cccc(Cn2cccc(C(=O)NC(C)(C)CNC(=O)OC(C)(C)C)c2=O)c1. The lowest BCUT2D eigenvalue weighted by atomic mass is 10.0. The molecule has 0 saturated carbocycles. The van der Waals surface area contributed by atoms with E-state index in [0.717, 1.165) is 11.1 Å². The van der Waals surface area contributed by atoms with E-state index in [4.69, 9.17) is 4.74 Å². The Labute approximate surface area is 177 Å². The third-order valence-electron chi connectivity index (χ3n) is 4.23. The minimum absolute atomic E-state index is 0.0514. The predicted octanol–water partition coefficient (Wildman–Crippen LogP) is 3.24. The van der Waals surface area contributed by atoms with Gasteiger partial charge in [0, 0.05) is 12.7 Å². The van der Waals surface area contributed by atoms with Crippen molar-refractivity contribution in [3.63, 3.8) is 0 Å². The maximum Gasteiger partial charge on any atom is 0.407 e. The van der Waals surface area contributed by atoms with Gasteiger partial charge in [-0.25, -0.2) is 4.79 Å². The highest BCUT2D eigenvalue weighted by Gasteiger charge is 2.25. The van der Waals surface area contributed by atoms with Crippen LogP contribution in [0.2, 0.25) is 0 Å². The van der Waals surface area contributed by atoms with Crippen molar-refractivity contribution in [2.75, 3.05) is 6.54 Å². The Morgan fingerprint density at radius 2 is 1.77 bits per heavy atom. The fourth-order valence-electron chi connectivity index (χ4n) is 2.87. The van der Waals surface area contributed by atoms with Gasteiger partial charge in [0.1, 0.15) is 11.2 Å². The molecule has 7 nitrogen and oxygen atoms in total. The van der Waals surface area contributed by atoms with Gasteiger partial charge in [-0.05, 0) is 59.2 Å². The van der Waals surface area contributed by atoms with E-state index in [0.29, 0.717) is 6.54 Å². The Balaban J connectivity index is 2.07. The second kappa shape index (κ2) is 9.15. The topological polar surface area (TPSA) is 89.4 Å². The first-order valence-corrected chi connectivity index (χ1v) is 9.91. The molecule has 0 aliphatic rings. The molecule has 162 valence electrons. The summed E-state index contributed by atoms with van der Waals surface area (Å²) in [6, 6.07) is 11.1. The predicted molar refractivity (Wildman–Crippen MR) is 117 cm³/mol. The van der Waals surface area contributed by atoms with E-state index in [1.54, 1.807) is 46.9 Å². The van der Waals surface area contributed by atoms with Crippen molar-refractivity contribution in [1.82, 2.24) is 15.2 Å². The molecule has 0 radical (unpaired) electrons. The molecule has 0 spiro atoms. The smallest absolute Gasteiger partial charge is 0.407 e. The molecule has 2 N–H and O–H groups in total. The van der Waals surface area contributed by atoms with Crippen molar-refractivity contribution in [2.24, 2.45) is 0 Å². The Morgan fingerprint density at radius 1 is 1.07 bits per heavy atom. The Morgan fingerprint density at radius 3 is 2.40 bits per heavy atom. The first kappa shape index (κ1) is 23.2. The number of amides is 2. The number of aryl methyl sites for hydroxylation is 1. The zero-order chi connectivity index (χ0) is 22.5. The van der Waals surface area contributed by atoms with Crippen LogP contribution in [0.15, 0.2) is 47.4 Å². The number of carbonyl (C=O) groups excluding carboxylic acids is 2. The summed E-state index contributed by atoms with van der Waals surface area (Å²) in [4.78, 5) is 37.4. The van der Waals surface area contributed by atoms with Crippen molar-refractivity contribution < 1.29 is 14.3 Å². The van der Waals surface area contributed by atoms with Crippen LogP contribution in [0.25, 0.3) is 0 Å². The number of pyridine rings is 1. The second-order valence-electron chi connectivity index (χ2n) is 9.04. The highest BCUT2D eigenvalue weighted by molar-refractivity contribution is 5.94. The average Bonchev–Trinajstić information content (AvgIpc) is 2.60. The molecule has 0 atom stereocenters. The third-order valence-corrected chi connectivity index (χ3v) is 4.23. The van der Waals surface area contributed by atoms with Crippen LogP contribution in [0.3, 0.4) is 0 Å². The van der Waals surface area contributed by atoms with Gasteiger partial charge in [-0.15, -0.1) is 0 Å². The summed E-state index contributed by atoms with van der Waals surface area (Å²) < 4.78 is 6.72. The van der Waals surface area contributed by atoms with Crippen LogP contribution in [0, 0.1) is 6.92 Å². The van der Waals surface area contributed by atoms with Crippen LogP contribution >= 0.6 is 0 Å². The molecule has 0 unspecified atom stereocenters. The molecule has 0 aliphatic heterocycles. The van der Waals surface area contributed by atoms with Gasteiger partial charge in [-0.3, -0.25) is 9.59 Å². The zero-order valence-corrected chi connectivity index (χ0v) is 18.5. The summed E-state index contributed by atoms with van der Waals surface area (Å²) in [6.07, 6.45) is 1.10. The summed E-state index contributed by atoms with van der Waals surface area (Å²) in [5, 5.41) is 5.45. The molecule has 2 amide bonds. The molecule has 1 heterocycles. The standard InChI is InChI=1S/C23H31N3O4/c1-16-9-7-10-17(13-16)14-26-12-8-11-18(20(26)28)19(27)25-23(5,6)15-24-21(29)30-22(2,3)4/h7-13H,14-15H2,1-6H3,(H,24,29)(H,25,27). The number of hydrogen-bond acceptors (Lipinski definition) is 4. The number of alkyl carbamates (subject to hydrolysis) is 1. The van der Waals surface area contributed by atoms with Gasteiger partial charge in [-0.2, -0.15) is 0 Å². The minimum atomic E-state index is -0.780. The first-order valence-electron chi connectivity index (χ1n) is 9.91. The molecule has 0 fully saturated rings. The fourth-order valence-corrected chi connectivity index (χ4v) is 2.87. The molecular formula is C23H31N3O4. The number of nitrogens with zero attached hydrogens (tertiary/aromatic N) is 1. The number of hydrogen-bond donors (Lipinski definition) is 2. The molecular weight excluding hydrogens is 382 g/mol. The van der Waals surface area contributed by atoms with Crippen LogP contribution in [0.5, 0.6) is 0 Å². The van der Waals surface area contributed by atoms with Crippen molar-refractivity contribution >= 4 is 12.0 Å². The number of nitrogens with one attached hydrogen (secondary N) is 2. The van der Waals surface area contributed by atoms with E-state index >= 15 is 0 Å². The highest BCUT2D eigenvalue weighted by atomic mass is 16.6. The Bertz CT molecular complexity index is 971. The maximum absolute atomic E-state index is 12.8. The van der Waals surface area contributed by atoms with Crippen molar-refractivity contribution in [2.45, 2.75) is 59.2 Å². The third kappa shape index (κ3) is 7.06. The van der Waals surface area contributed by atoms with Gasteiger partial charge in [0.2, 0.25) is 0 Å². The Kier molecular flexibility index (Phi) is 7.08. The van der Waals surface area contributed by atoms with Gasteiger partial charge in [0.05, 0.1) is 12.1 Å². The first-order chi connectivity index (χ1) is 13.9. The molecule has 2 aromatic rings. The van der Waals surface area contributed by atoms with Crippen LogP contribution in [-0.4, -0.2) is 34.3 Å². The number of carbonyl (C=O) groups is 2. The lowest BCUT2D eigenvalue weighted by Gasteiger charge is -2.27. The van der Waals surface area contributed by atoms with Crippen molar-refractivity contribution in [1.29, 1.82) is 0 Å². The Hall–Kier alpha value is -3.09. The number of ether oxygens (including phenoxy) is 1. The van der Waals surface area contributed by atoms with E-state index < -0.39 is 23.1 Å². The van der Waals surface area contributed by atoms with E-state index in [-0.39, 0.29) is 17.7 Å². The average molecular weight is 414 g/mol. The van der Waals surface area contributed by atoms with E-state index in [9.17, 15) is 14.4 Å². The summed E-state index contributed by atoms with van der Waals surface area (Å²) in [5.41, 5.74) is 0.384. The lowest BCUT2D eigenvalue weighted by molar-refractivity contribution is 0.0509. The molecule has 0 bridgehead atoms. The van der Waals surface area contributed by atoms with Gasteiger partial charge in [0.15, 0.2) is 0 Å². The van der Waals surface area contributed by atoms with Crippen LogP contribution in [0.4, 0.5) is 4.79 Å². The minimum Gasteiger partial charge on any atom is -0.444 e. The largest absolute Gasteiger partial charge is 0.444 e. The summed E-state index contributed by atoms with van der Waals surface area (Å²) >= 11 is 0. The maximum atomic E-state index is 12.8. The highest BCUT2D eigenvalue weighted by Crippen LogP contribution is 2.09. The van der Waals surface area contributed by atoms with E-state index in [2.05, 4.69) is 10.6 Å². The summed E-state index contributed by atoms with van der Waals surface area (Å²) in [5.74, 6) is -0.491. The number of aromatic nitrogens is 1. The lowest BCUT2D eigenvalue weighted by Crippen LogP contribution is -2.52. The fraction of sp³-hybridized carbons (Fsp3) is 0.435. The molecule has 7 heteroatoms. The molecule has 30 heavy (non-hydrogen) atoms. The number of rotatable bonds is 6. The summed E-state index contributed by atoms with van der Waals surface area (Å²) in [6.45, 7) is 11.4.